The van der Waals surface area contributed by atoms with Crippen LogP contribution < -0.4 is 20.9 Å². The van der Waals surface area contributed by atoms with E-state index in [2.05, 4.69) is 34.8 Å². The number of rotatable bonds is 4. The fourth-order valence-corrected chi connectivity index (χ4v) is 2.28. The maximum absolute atomic E-state index is 12.1. The summed E-state index contributed by atoms with van der Waals surface area (Å²) in [7, 11) is 0. The molecule has 0 unspecified atom stereocenters. The topological polar surface area (TPSA) is 62.4 Å². The second-order valence-electron chi connectivity index (χ2n) is 5.88. The summed E-state index contributed by atoms with van der Waals surface area (Å²) in [6.45, 7) is 4.18. The number of hydrogen-bond donors (Lipinski definition) is 3. The lowest BCUT2D eigenvalue weighted by atomic mass is 10.0. The zero-order valence-electron chi connectivity index (χ0n) is 14.6. The highest BCUT2D eigenvalue weighted by molar-refractivity contribution is 7.80. The quantitative estimate of drug-likeness (QED) is 0.529. The van der Waals surface area contributed by atoms with Gasteiger partial charge in [0.25, 0.3) is 5.91 Å². The van der Waals surface area contributed by atoms with Gasteiger partial charge in [-0.25, -0.2) is 0 Å². The summed E-state index contributed by atoms with van der Waals surface area (Å²) in [5.74, 6) is -0.557. The van der Waals surface area contributed by atoms with Crippen LogP contribution in [0.25, 0.3) is 0 Å². The number of anilines is 1. The van der Waals surface area contributed by atoms with Gasteiger partial charge in [0.2, 0.25) is 0 Å². The molecule has 0 heterocycles. The van der Waals surface area contributed by atoms with Crippen molar-refractivity contribution in [3.63, 3.8) is 0 Å². The molecule has 2 aromatic carbocycles. The normalized spacial score (nSPS) is 11.0. The number of carbonyl (C=O) groups excluding carboxylic acids is 1. The van der Waals surface area contributed by atoms with E-state index in [-0.39, 0.29) is 10.7 Å². The second-order valence-corrected chi connectivity index (χ2v) is 6.29. The van der Waals surface area contributed by atoms with Gasteiger partial charge in [-0.3, -0.25) is 15.6 Å². The minimum absolute atomic E-state index is 0.140. The highest BCUT2D eigenvalue weighted by Crippen LogP contribution is 2.22. The number of ether oxygens (including phenoxy) is 1. The van der Waals surface area contributed by atoms with Gasteiger partial charge in [0, 0.05) is 11.3 Å². The van der Waals surface area contributed by atoms with Gasteiger partial charge in [-0.2, -0.15) is 0 Å². The van der Waals surface area contributed by atoms with Crippen molar-refractivity contribution in [3.8, 4) is 5.75 Å². The minimum atomic E-state index is -4.78. The summed E-state index contributed by atoms with van der Waals surface area (Å²) in [4.78, 5) is 12.0. The van der Waals surface area contributed by atoms with Crippen LogP contribution in [-0.4, -0.2) is 17.4 Å². The molecular weight excluding hydrogens is 379 g/mol. The fraction of sp³-hybridized carbons (Fsp3) is 0.222. The van der Waals surface area contributed by atoms with Crippen molar-refractivity contribution in [2.75, 3.05) is 5.32 Å². The summed E-state index contributed by atoms with van der Waals surface area (Å²) in [5.41, 5.74) is 6.97. The van der Waals surface area contributed by atoms with E-state index in [1.165, 1.54) is 17.7 Å². The van der Waals surface area contributed by atoms with Crippen molar-refractivity contribution < 1.29 is 22.7 Å². The molecule has 0 radical (unpaired) electrons. The standard InChI is InChI=1S/C18H18F3N3O2S/c1-11(2)12-3-7-14(8-4-12)22-17(27)24-23-16(25)13-5-9-15(10-6-13)26-18(19,20)21/h3-11H,1-2H3,(H,23,25)(H2,22,24,27). The predicted molar refractivity (Wildman–Crippen MR) is 100 cm³/mol. The van der Waals surface area contributed by atoms with E-state index in [9.17, 15) is 18.0 Å². The van der Waals surface area contributed by atoms with Crippen molar-refractivity contribution in [3.05, 3.63) is 59.7 Å². The zero-order chi connectivity index (χ0) is 20.0. The summed E-state index contributed by atoms with van der Waals surface area (Å²) in [5, 5.41) is 3.07. The molecule has 0 saturated heterocycles. The number of thiocarbonyl (C=S) groups is 1. The molecule has 0 atom stereocenters. The van der Waals surface area contributed by atoms with Crippen LogP contribution >= 0.6 is 12.2 Å². The highest BCUT2D eigenvalue weighted by Gasteiger charge is 2.31. The van der Waals surface area contributed by atoms with Crippen molar-refractivity contribution in [2.24, 2.45) is 0 Å². The molecule has 1 amide bonds. The van der Waals surface area contributed by atoms with Gasteiger partial charge in [-0.1, -0.05) is 26.0 Å². The first-order chi connectivity index (χ1) is 12.6. The Morgan fingerprint density at radius 2 is 1.59 bits per heavy atom. The Kier molecular flexibility index (Phi) is 6.62. The summed E-state index contributed by atoms with van der Waals surface area (Å²) in [6.07, 6.45) is -4.78. The van der Waals surface area contributed by atoms with Gasteiger partial charge in [0.1, 0.15) is 5.75 Å². The third-order valence-corrected chi connectivity index (χ3v) is 3.68. The molecule has 0 bridgehead atoms. The van der Waals surface area contributed by atoms with Crippen LogP contribution in [0.3, 0.4) is 0 Å². The third kappa shape index (κ3) is 6.78. The molecule has 0 aliphatic carbocycles. The Morgan fingerprint density at radius 1 is 1.00 bits per heavy atom. The van der Waals surface area contributed by atoms with Crippen molar-refractivity contribution >= 4 is 28.9 Å². The Labute approximate surface area is 159 Å². The van der Waals surface area contributed by atoms with Crippen molar-refractivity contribution in [2.45, 2.75) is 26.1 Å². The number of halogens is 3. The van der Waals surface area contributed by atoms with E-state index in [1.54, 1.807) is 0 Å². The average molecular weight is 397 g/mol. The zero-order valence-corrected chi connectivity index (χ0v) is 15.4. The van der Waals surface area contributed by atoms with Gasteiger partial charge in [-0.05, 0) is 60.1 Å². The Hall–Kier alpha value is -2.81. The Morgan fingerprint density at radius 3 is 2.11 bits per heavy atom. The molecule has 0 aliphatic rings. The molecule has 9 heteroatoms. The first kappa shape index (κ1) is 20.5. The van der Waals surface area contributed by atoms with Crippen LogP contribution in [0.1, 0.15) is 35.7 Å². The smallest absolute Gasteiger partial charge is 0.406 e. The molecule has 27 heavy (non-hydrogen) atoms. The Balaban J connectivity index is 1.84. The fourth-order valence-electron chi connectivity index (χ4n) is 2.11. The monoisotopic (exact) mass is 397 g/mol. The van der Waals surface area contributed by atoms with Crippen molar-refractivity contribution in [1.29, 1.82) is 0 Å². The second kappa shape index (κ2) is 8.72. The van der Waals surface area contributed by atoms with Gasteiger partial charge in [0.15, 0.2) is 5.11 Å². The number of nitrogens with one attached hydrogen (secondary N) is 3. The average Bonchev–Trinajstić information content (AvgIpc) is 2.59. The molecule has 3 N–H and O–H groups in total. The molecule has 0 aliphatic heterocycles. The maximum atomic E-state index is 12.1. The Bertz CT molecular complexity index is 791. The largest absolute Gasteiger partial charge is 0.573 e. The highest BCUT2D eigenvalue weighted by atomic mass is 32.1. The van der Waals surface area contributed by atoms with Crippen molar-refractivity contribution in [1.82, 2.24) is 10.9 Å². The van der Waals surface area contributed by atoms with E-state index >= 15 is 0 Å². The van der Waals surface area contributed by atoms with E-state index in [1.807, 2.05) is 24.3 Å². The van der Waals surface area contributed by atoms with Crippen LogP contribution in [-0.2, 0) is 0 Å². The molecule has 0 saturated carbocycles. The van der Waals surface area contributed by atoms with Crippen LogP contribution in [0.4, 0.5) is 18.9 Å². The first-order valence-corrected chi connectivity index (χ1v) is 8.38. The summed E-state index contributed by atoms with van der Waals surface area (Å²) >= 11 is 5.09. The number of hydrazine groups is 1. The number of benzene rings is 2. The van der Waals surface area contributed by atoms with Gasteiger partial charge in [-0.15, -0.1) is 13.2 Å². The molecule has 0 fully saturated rings. The van der Waals surface area contributed by atoms with Crippen LogP contribution in [0.5, 0.6) is 5.75 Å². The van der Waals surface area contributed by atoms with Gasteiger partial charge >= 0.3 is 6.36 Å². The predicted octanol–water partition coefficient (Wildman–Crippen LogP) is 4.34. The lowest BCUT2D eigenvalue weighted by Crippen LogP contribution is -2.43. The molecule has 2 rings (SSSR count). The minimum Gasteiger partial charge on any atom is -0.406 e. The summed E-state index contributed by atoms with van der Waals surface area (Å²) in [6, 6.07) is 12.2. The molecule has 5 nitrogen and oxygen atoms in total. The van der Waals surface area contributed by atoms with E-state index in [4.69, 9.17) is 12.2 Å². The van der Waals surface area contributed by atoms with Crippen LogP contribution in [0.15, 0.2) is 48.5 Å². The van der Waals surface area contributed by atoms with Gasteiger partial charge < -0.3 is 10.1 Å². The molecule has 0 aromatic heterocycles. The summed E-state index contributed by atoms with van der Waals surface area (Å²) < 4.78 is 40.1. The third-order valence-electron chi connectivity index (χ3n) is 3.47. The molecule has 0 spiro atoms. The molecule has 2 aromatic rings. The lowest BCUT2D eigenvalue weighted by molar-refractivity contribution is -0.274. The van der Waals surface area contributed by atoms with E-state index in [0.717, 1.165) is 17.8 Å². The number of carbonyl (C=O) groups is 1. The number of amides is 1. The first-order valence-electron chi connectivity index (χ1n) is 7.97. The van der Waals surface area contributed by atoms with Crippen LogP contribution in [0, 0.1) is 0 Å². The van der Waals surface area contributed by atoms with E-state index < -0.39 is 18.0 Å². The van der Waals surface area contributed by atoms with Gasteiger partial charge in [0.05, 0.1) is 0 Å². The number of hydrogen-bond acceptors (Lipinski definition) is 3. The van der Waals surface area contributed by atoms with Crippen LogP contribution in [0.2, 0.25) is 0 Å². The SMILES string of the molecule is CC(C)c1ccc(NC(=S)NNC(=O)c2ccc(OC(F)(F)F)cc2)cc1. The number of alkyl halides is 3. The molecule has 144 valence electrons. The lowest BCUT2D eigenvalue weighted by Gasteiger charge is -2.13. The van der Waals surface area contributed by atoms with E-state index in [0.29, 0.717) is 5.92 Å². The molecular formula is C18H18F3N3O2S. The maximum Gasteiger partial charge on any atom is 0.573 e.